The second-order valence-electron chi connectivity index (χ2n) is 17.2. The van der Waals surface area contributed by atoms with Gasteiger partial charge in [-0.05, 0) is 114 Å². The summed E-state index contributed by atoms with van der Waals surface area (Å²) in [5.41, 5.74) is 20.6. The molecule has 0 fully saturated rings. The summed E-state index contributed by atoms with van der Waals surface area (Å²) in [7, 11) is 0. The molecule has 3 nitrogen and oxygen atoms in total. The predicted octanol–water partition coefficient (Wildman–Crippen LogP) is 14.8. The van der Waals surface area contributed by atoms with Gasteiger partial charge in [-0.15, -0.1) is 0 Å². The minimum Gasteiger partial charge on any atom is -0.308 e. The van der Waals surface area contributed by atoms with Crippen molar-refractivity contribution in [2.75, 3.05) is 0 Å². The van der Waals surface area contributed by atoms with Crippen molar-refractivity contribution in [3.05, 3.63) is 223 Å². The molecule has 0 atom stereocenters. The Labute approximate surface area is 356 Å². The summed E-state index contributed by atoms with van der Waals surface area (Å²) in [6.07, 6.45) is 3.59. The van der Waals surface area contributed by atoms with Crippen LogP contribution in [0.25, 0.3) is 115 Å². The van der Waals surface area contributed by atoms with Gasteiger partial charge in [-0.1, -0.05) is 152 Å². The number of hydrogen-bond acceptors (Lipinski definition) is 2. The molecule has 13 aromatic rings. The van der Waals surface area contributed by atoms with Gasteiger partial charge in [0.05, 0.1) is 33.0 Å². The molecule has 62 heavy (non-hydrogen) atoms. The fraction of sp³-hybridized carbons (Fsp3) is 0.0169. The summed E-state index contributed by atoms with van der Waals surface area (Å²) in [5, 5.41) is 9.84. The Morgan fingerprint density at radius 3 is 1.47 bits per heavy atom. The van der Waals surface area contributed by atoms with E-state index >= 15 is 0 Å². The number of nitrogens with zero attached hydrogens (tertiary/aromatic N) is 3. The minimum absolute atomic E-state index is 0.487. The van der Waals surface area contributed by atoms with Gasteiger partial charge in [-0.25, -0.2) is 0 Å². The second-order valence-corrected chi connectivity index (χ2v) is 17.2. The molecule has 10 aromatic carbocycles. The maximum atomic E-state index is 4.83. The SMILES string of the molecule is c1ccc2c(c1)-c1ccccc1C21c2cc(-c3ccc4c(c3)c3ccccc3c3nccnc43)ccc2-c2ccc(-c3ccc4c(c3)c3cccc5c6ccccc6n4c53)cc21. The average Bonchev–Trinajstić information content (AvgIpc) is 4.05. The minimum atomic E-state index is -0.487. The smallest absolute Gasteiger partial charge is 0.0971 e. The molecule has 0 radical (unpaired) electrons. The summed E-state index contributed by atoms with van der Waals surface area (Å²) < 4.78 is 2.46. The van der Waals surface area contributed by atoms with Crippen LogP contribution in [0.15, 0.2) is 200 Å². The highest BCUT2D eigenvalue weighted by molar-refractivity contribution is 6.25. The van der Waals surface area contributed by atoms with Crippen molar-refractivity contribution < 1.29 is 0 Å². The Balaban J connectivity index is 0.964. The van der Waals surface area contributed by atoms with Crippen LogP contribution in [0.2, 0.25) is 0 Å². The Kier molecular flexibility index (Phi) is 6.10. The van der Waals surface area contributed by atoms with E-state index in [2.05, 4.69) is 192 Å². The topological polar surface area (TPSA) is 30.2 Å². The number of benzene rings is 10. The molecule has 3 aromatic heterocycles. The van der Waals surface area contributed by atoms with Crippen molar-refractivity contribution in [3.8, 4) is 44.5 Å². The van der Waals surface area contributed by atoms with Crippen molar-refractivity contribution >= 4 is 70.7 Å². The quantitative estimate of drug-likeness (QED) is 0.163. The highest BCUT2D eigenvalue weighted by Gasteiger charge is 2.51. The van der Waals surface area contributed by atoms with Crippen LogP contribution in [0, 0.1) is 0 Å². The highest BCUT2D eigenvalue weighted by Crippen LogP contribution is 2.63. The molecule has 1 spiro atoms. The maximum absolute atomic E-state index is 4.83. The Hall–Kier alpha value is -8.14. The molecule has 0 bridgehead atoms. The third kappa shape index (κ3) is 3.93. The van der Waals surface area contributed by atoms with Crippen LogP contribution in [0.4, 0.5) is 0 Å². The van der Waals surface area contributed by atoms with Crippen LogP contribution >= 0.6 is 0 Å². The van der Waals surface area contributed by atoms with Crippen molar-refractivity contribution in [3.63, 3.8) is 0 Å². The van der Waals surface area contributed by atoms with Crippen LogP contribution in [0.5, 0.6) is 0 Å². The molecule has 15 rings (SSSR count). The Morgan fingerprint density at radius 2 is 0.774 bits per heavy atom. The van der Waals surface area contributed by atoms with Crippen LogP contribution in [0.1, 0.15) is 22.3 Å². The summed E-state index contributed by atoms with van der Waals surface area (Å²) >= 11 is 0. The third-order valence-corrected chi connectivity index (χ3v) is 14.4. The molecule has 0 amide bonds. The molecule has 284 valence electrons. The number of rotatable bonds is 2. The summed E-state index contributed by atoms with van der Waals surface area (Å²) in [4.78, 5) is 9.61. The van der Waals surface area contributed by atoms with Gasteiger partial charge in [-0.2, -0.15) is 0 Å². The summed E-state index contributed by atoms with van der Waals surface area (Å²) in [6, 6.07) is 70.8. The molecule has 0 unspecified atom stereocenters. The first-order valence-electron chi connectivity index (χ1n) is 21.5. The molecule has 3 heteroatoms. The Morgan fingerprint density at radius 1 is 0.306 bits per heavy atom. The van der Waals surface area contributed by atoms with Crippen LogP contribution in [0.3, 0.4) is 0 Å². The van der Waals surface area contributed by atoms with E-state index in [0.29, 0.717) is 0 Å². The molecular weight excluding hydrogens is 751 g/mol. The molecule has 0 saturated heterocycles. The third-order valence-electron chi connectivity index (χ3n) is 14.4. The average molecular weight is 784 g/mol. The van der Waals surface area contributed by atoms with Gasteiger partial charge >= 0.3 is 0 Å². The molecule has 3 heterocycles. The monoisotopic (exact) mass is 783 g/mol. The van der Waals surface area contributed by atoms with Crippen LogP contribution in [-0.4, -0.2) is 14.4 Å². The number of fused-ring (bicyclic) bond motifs is 22. The second kappa shape index (κ2) is 11.6. The predicted molar refractivity (Wildman–Crippen MR) is 256 cm³/mol. The van der Waals surface area contributed by atoms with Crippen molar-refractivity contribution in [2.45, 2.75) is 5.41 Å². The van der Waals surface area contributed by atoms with Gasteiger partial charge in [-0.3, -0.25) is 9.97 Å². The first-order chi connectivity index (χ1) is 30.8. The standard InChI is InChI=1S/C59H33N3/c1-2-14-44-38(10-1)48-30-34(22-26-45(48)57-56(44)60-28-29-61-57)36-20-24-41-42-25-21-37(33-53(42)59(52(41)32-36)50-17-6-3-11-39(50)40-12-4-7-18-51(40)59)35-23-27-55-49(31-35)47-16-9-15-46-43-13-5-8-19-54(43)62(55)58(46)47/h1-33H. The zero-order chi connectivity index (χ0) is 40.3. The lowest BCUT2D eigenvalue weighted by atomic mass is 9.70. The summed E-state index contributed by atoms with van der Waals surface area (Å²) in [5.74, 6) is 0. The van der Waals surface area contributed by atoms with E-state index in [4.69, 9.17) is 9.97 Å². The zero-order valence-corrected chi connectivity index (χ0v) is 33.4. The van der Waals surface area contributed by atoms with Gasteiger partial charge in [0.15, 0.2) is 0 Å². The maximum Gasteiger partial charge on any atom is 0.0971 e. The van der Waals surface area contributed by atoms with Gasteiger partial charge in [0, 0.05) is 44.7 Å². The zero-order valence-electron chi connectivity index (χ0n) is 33.4. The Bertz CT molecular complexity index is 4030. The van der Waals surface area contributed by atoms with Gasteiger partial charge in [0.25, 0.3) is 0 Å². The van der Waals surface area contributed by atoms with E-state index in [-0.39, 0.29) is 0 Å². The van der Waals surface area contributed by atoms with Gasteiger partial charge < -0.3 is 4.40 Å². The lowest BCUT2D eigenvalue weighted by Crippen LogP contribution is -2.26. The van der Waals surface area contributed by atoms with Crippen molar-refractivity contribution in [2.24, 2.45) is 0 Å². The molecule has 2 aliphatic carbocycles. The first kappa shape index (κ1) is 32.7. The number of para-hydroxylation sites is 2. The lowest BCUT2D eigenvalue weighted by Gasteiger charge is -2.31. The van der Waals surface area contributed by atoms with Crippen molar-refractivity contribution in [1.29, 1.82) is 0 Å². The van der Waals surface area contributed by atoms with Gasteiger partial charge in [0.1, 0.15) is 0 Å². The normalized spacial score (nSPS) is 13.6. The van der Waals surface area contributed by atoms with Crippen molar-refractivity contribution in [1.82, 2.24) is 14.4 Å². The van der Waals surface area contributed by atoms with E-state index in [0.717, 1.165) is 21.8 Å². The fourth-order valence-electron chi connectivity index (χ4n) is 11.9. The van der Waals surface area contributed by atoms with E-state index in [1.54, 1.807) is 12.4 Å². The number of aromatic nitrogens is 3. The molecular formula is C59H33N3. The fourth-order valence-corrected chi connectivity index (χ4v) is 11.9. The molecule has 2 aliphatic rings. The van der Waals surface area contributed by atoms with Crippen LogP contribution in [-0.2, 0) is 5.41 Å². The molecule has 0 aliphatic heterocycles. The van der Waals surface area contributed by atoms with E-state index in [9.17, 15) is 0 Å². The van der Waals surface area contributed by atoms with E-state index < -0.39 is 5.41 Å². The lowest BCUT2D eigenvalue weighted by molar-refractivity contribution is 0.794. The first-order valence-corrected chi connectivity index (χ1v) is 21.5. The largest absolute Gasteiger partial charge is 0.308 e. The highest BCUT2D eigenvalue weighted by atomic mass is 14.9. The molecule has 0 N–H and O–H groups in total. The van der Waals surface area contributed by atoms with Crippen LogP contribution < -0.4 is 0 Å². The van der Waals surface area contributed by atoms with E-state index in [1.807, 2.05) is 0 Å². The van der Waals surface area contributed by atoms with Gasteiger partial charge in [0.2, 0.25) is 0 Å². The summed E-state index contributed by atoms with van der Waals surface area (Å²) in [6.45, 7) is 0. The number of hydrogen-bond donors (Lipinski definition) is 0. The van der Waals surface area contributed by atoms with E-state index in [1.165, 1.54) is 116 Å². The molecule has 0 saturated carbocycles.